The molecule has 1 N–H and O–H groups in total. The third-order valence-electron chi connectivity index (χ3n) is 4.28. The van der Waals surface area contributed by atoms with Gasteiger partial charge in [0.25, 0.3) is 5.91 Å². The summed E-state index contributed by atoms with van der Waals surface area (Å²) in [4.78, 5) is 12.4. The lowest BCUT2D eigenvalue weighted by atomic mass is 10.0. The standard InChI is InChI=1S/C15H23BrN2OS/c1-4-15(5-2,20-3)10-17-14(19)13-8-11(16)9-18(13)12-6-7-12/h8-9,12H,4-7,10H2,1-3H3,(H,17,19). The van der Waals surface area contributed by atoms with Gasteiger partial charge in [0.1, 0.15) is 5.69 Å². The summed E-state index contributed by atoms with van der Waals surface area (Å²) in [6.07, 6.45) is 8.65. The van der Waals surface area contributed by atoms with Crippen molar-refractivity contribution in [3.8, 4) is 0 Å². The van der Waals surface area contributed by atoms with E-state index in [0.717, 1.165) is 29.6 Å². The van der Waals surface area contributed by atoms with E-state index in [4.69, 9.17) is 0 Å². The van der Waals surface area contributed by atoms with Crippen LogP contribution in [-0.2, 0) is 0 Å². The number of nitrogens with one attached hydrogen (secondary N) is 1. The lowest BCUT2D eigenvalue weighted by Crippen LogP contribution is -2.40. The maximum atomic E-state index is 12.4. The maximum absolute atomic E-state index is 12.4. The minimum atomic E-state index is 0.0444. The van der Waals surface area contributed by atoms with Gasteiger partial charge >= 0.3 is 0 Å². The summed E-state index contributed by atoms with van der Waals surface area (Å²) in [6.45, 7) is 5.11. The molecule has 0 aromatic carbocycles. The van der Waals surface area contributed by atoms with Crippen LogP contribution in [-0.4, -0.2) is 28.0 Å². The summed E-state index contributed by atoms with van der Waals surface area (Å²) < 4.78 is 3.25. The van der Waals surface area contributed by atoms with Gasteiger partial charge in [-0.2, -0.15) is 11.8 Å². The van der Waals surface area contributed by atoms with E-state index in [1.54, 1.807) is 0 Å². The molecule has 5 heteroatoms. The fourth-order valence-electron chi connectivity index (χ4n) is 2.48. The van der Waals surface area contributed by atoms with E-state index in [1.807, 2.05) is 24.0 Å². The number of rotatable bonds is 7. The van der Waals surface area contributed by atoms with Crippen molar-refractivity contribution in [1.82, 2.24) is 9.88 Å². The van der Waals surface area contributed by atoms with Crippen molar-refractivity contribution >= 4 is 33.6 Å². The minimum Gasteiger partial charge on any atom is -0.349 e. The Bertz CT molecular complexity index is 470. The molecule has 112 valence electrons. The molecule has 1 aromatic heterocycles. The second-order valence-electron chi connectivity index (χ2n) is 5.46. The first-order valence-corrected chi connectivity index (χ1v) is 9.27. The minimum absolute atomic E-state index is 0.0444. The maximum Gasteiger partial charge on any atom is 0.268 e. The smallest absolute Gasteiger partial charge is 0.268 e. The van der Waals surface area contributed by atoms with Gasteiger partial charge in [-0.25, -0.2) is 0 Å². The Morgan fingerprint density at radius 3 is 2.65 bits per heavy atom. The highest BCUT2D eigenvalue weighted by molar-refractivity contribution is 9.10. The first-order valence-electron chi connectivity index (χ1n) is 7.26. The molecule has 0 atom stereocenters. The molecule has 1 amide bonds. The second kappa shape index (κ2) is 6.56. The molecule has 1 aliphatic carbocycles. The first kappa shape index (κ1) is 16.0. The van der Waals surface area contributed by atoms with E-state index >= 15 is 0 Å². The molecule has 20 heavy (non-hydrogen) atoms. The summed E-state index contributed by atoms with van der Waals surface area (Å²) in [6, 6.07) is 2.44. The highest BCUT2D eigenvalue weighted by Crippen LogP contribution is 2.37. The predicted octanol–water partition coefficient (Wildman–Crippen LogP) is 4.24. The Hall–Kier alpha value is -0.420. The number of amides is 1. The number of hydrogen-bond donors (Lipinski definition) is 1. The topological polar surface area (TPSA) is 34.0 Å². The number of carbonyl (C=O) groups is 1. The highest BCUT2D eigenvalue weighted by atomic mass is 79.9. The first-order chi connectivity index (χ1) is 9.55. The number of nitrogens with zero attached hydrogens (tertiary/aromatic N) is 1. The lowest BCUT2D eigenvalue weighted by molar-refractivity contribution is 0.0939. The van der Waals surface area contributed by atoms with Crippen molar-refractivity contribution in [3.05, 3.63) is 22.4 Å². The monoisotopic (exact) mass is 358 g/mol. The molecule has 0 unspecified atom stereocenters. The summed E-state index contributed by atoms with van der Waals surface area (Å²) >= 11 is 5.33. The van der Waals surface area contributed by atoms with Crippen molar-refractivity contribution in [3.63, 3.8) is 0 Å². The van der Waals surface area contributed by atoms with Crippen LogP contribution in [0.3, 0.4) is 0 Å². The van der Waals surface area contributed by atoms with Gasteiger partial charge < -0.3 is 9.88 Å². The predicted molar refractivity (Wildman–Crippen MR) is 89.6 cm³/mol. The zero-order chi connectivity index (χ0) is 14.8. The second-order valence-corrected chi connectivity index (χ2v) is 7.65. The number of aromatic nitrogens is 1. The molecule has 1 aliphatic rings. The van der Waals surface area contributed by atoms with Gasteiger partial charge in [-0.3, -0.25) is 4.79 Å². The molecule has 1 aromatic rings. The lowest BCUT2D eigenvalue weighted by Gasteiger charge is -2.29. The number of thioether (sulfide) groups is 1. The Morgan fingerprint density at radius 1 is 1.50 bits per heavy atom. The number of hydrogen-bond acceptors (Lipinski definition) is 2. The van der Waals surface area contributed by atoms with Crippen molar-refractivity contribution in [2.75, 3.05) is 12.8 Å². The molecule has 1 fully saturated rings. The summed E-state index contributed by atoms with van der Waals surface area (Å²) in [5.74, 6) is 0.0444. The summed E-state index contributed by atoms with van der Waals surface area (Å²) in [5.41, 5.74) is 0.779. The van der Waals surface area contributed by atoms with Crippen LogP contribution in [0.1, 0.15) is 56.1 Å². The third-order valence-corrected chi connectivity index (χ3v) is 6.30. The van der Waals surface area contributed by atoms with Crippen LogP contribution in [0.2, 0.25) is 0 Å². The molecule has 0 radical (unpaired) electrons. The van der Waals surface area contributed by atoms with Crippen molar-refractivity contribution < 1.29 is 4.79 Å². The molecule has 1 heterocycles. The zero-order valence-corrected chi connectivity index (χ0v) is 14.8. The molecule has 0 bridgehead atoms. The van der Waals surface area contributed by atoms with Crippen LogP contribution in [0.25, 0.3) is 0 Å². The Kier molecular flexibility index (Phi) is 5.24. The van der Waals surface area contributed by atoms with Gasteiger partial charge in [0.2, 0.25) is 0 Å². The molecule has 0 spiro atoms. The van der Waals surface area contributed by atoms with E-state index in [1.165, 1.54) is 12.8 Å². The van der Waals surface area contributed by atoms with E-state index in [9.17, 15) is 4.79 Å². The van der Waals surface area contributed by atoms with Gasteiger partial charge in [0.05, 0.1) is 0 Å². The molecule has 0 aliphatic heterocycles. The van der Waals surface area contributed by atoms with Gasteiger partial charge in [0.15, 0.2) is 0 Å². The van der Waals surface area contributed by atoms with Crippen molar-refractivity contribution in [1.29, 1.82) is 0 Å². The quantitative estimate of drug-likeness (QED) is 0.790. The van der Waals surface area contributed by atoms with E-state index in [-0.39, 0.29) is 10.7 Å². The molecule has 3 nitrogen and oxygen atoms in total. The molecule has 1 saturated carbocycles. The SMILES string of the molecule is CCC(CC)(CNC(=O)c1cc(Br)cn1C1CC1)SC. The molecule has 2 rings (SSSR count). The van der Waals surface area contributed by atoms with Crippen molar-refractivity contribution in [2.24, 2.45) is 0 Å². The highest BCUT2D eigenvalue weighted by Gasteiger charge is 2.29. The molecular weight excluding hydrogens is 336 g/mol. The average molecular weight is 359 g/mol. The Labute approximate surface area is 134 Å². The fourth-order valence-corrected chi connectivity index (χ4v) is 3.71. The van der Waals surface area contributed by atoms with Crippen LogP contribution >= 0.6 is 27.7 Å². The van der Waals surface area contributed by atoms with E-state index < -0.39 is 0 Å². The van der Waals surface area contributed by atoms with Crippen molar-refractivity contribution in [2.45, 2.75) is 50.3 Å². The van der Waals surface area contributed by atoms with Crippen LogP contribution in [0.5, 0.6) is 0 Å². The zero-order valence-electron chi connectivity index (χ0n) is 12.4. The number of carbonyl (C=O) groups excluding carboxylic acids is 1. The van der Waals surface area contributed by atoms with E-state index in [2.05, 4.69) is 45.9 Å². The normalized spacial score (nSPS) is 15.4. The van der Waals surface area contributed by atoms with Crippen LogP contribution in [0, 0.1) is 0 Å². The largest absolute Gasteiger partial charge is 0.349 e. The van der Waals surface area contributed by atoms with Gasteiger partial charge in [-0.1, -0.05) is 13.8 Å². The average Bonchev–Trinajstić information content (AvgIpc) is 3.23. The summed E-state index contributed by atoms with van der Waals surface area (Å²) in [5, 5.41) is 3.13. The van der Waals surface area contributed by atoms with Gasteiger partial charge in [-0.15, -0.1) is 0 Å². The number of halogens is 1. The van der Waals surface area contributed by atoms with Crippen LogP contribution in [0.4, 0.5) is 0 Å². The molecule has 0 saturated heterocycles. The van der Waals surface area contributed by atoms with Gasteiger partial charge in [0, 0.05) is 28.0 Å². The van der Waals surface area contributed by atoms with E-state index in [0.29, 0.717) is 6.04 Å². The van der Waals surface area contributed by atoms with Crippen LogP contribution in [0.15, 0.2) is 16.7 Å². The van der Waals surface area contributed by atoms with Gasteiger partial charge in [-0.05, 0) is 53.9 Å². The Morgan fingerprint density at radius 2 is 2.15 bits per heavy atom. The fraction of sp³-hybridized carbons (Fsp3) is 0.667. The van der Waals surface area contributed by atoms with Crippen LogP contribution < -0.4 is 5.32 Å². The Balaban J connectivity index is 2.05. The third kappa shape index (κ3) is 3.42. The molecular formula is C15H23BrN2OS. The summed E-state index contributed by atoms with van der Waals surface area (Å²) in [7, 11) is 0.